The predicted molar refractivity (Wildman–Crippen MR) is 148 cm³/mol. The molecule has 2 atom stereocenters. The van der Waals surface area contributed by atoms with E-state index < -0.39 is 22.7 Å². The highest BCUT2D eigenvalue weighted by Gasteiger charge is 2.46. The smallest absolute Gasteiger partial charge is 0.411 e. The largest absolute Gasteiger partial charge is 0.465 e. The summed E-state index contributed by atoms with van der Waals surface area (Å²) >= 11 is 0. The van der Waals surface area contributed by atoms with Crippen molar-refractivity contribution in [1.82, 2.24) is 4.90 Å². The van der Waals surface area contributed by atoms with Crippen LogP contribution in [0.4, 0.5) is 4.79 Å². The van der Waals surface area contributed by atoms with E-state index in [0.717, 1.165) is 29.5 Å². The Hall–Kier alpha value is -3.30. The van der Waals surface area contributed by atoms with Crippen molar-refractivity contribution in [3.05, 3.63) is 71.3 Å². The molecular weight excluding hydrogens is 478 g/mol. The molecule has 0 spiro atoms. The average molecular weight is 520 g/mol. The van der Waals surface area contributed by atoms with Gasteiger partial charge in [-0.25, -0.2) is 4.79 Å². The number of esters is 1. The second-order valence-corrected chi connectivity index (χ2v) is 11.3. The van der Waals surface area contributed by atoms with Crippen molar-refractivity contribution in [2.75, 3.05) is 13.2 Å². The molecule has 204 valence electrons. The Labute approximate surface area is 227 Å². The van der Waals surface area contributed by atoms with E-state index in [-0.39, 0.29) is 12.0 Å². The fourth-order valence-electron chi connectivity index (χ4n) is 4.69. The van der Waals surface area contributed by atoms with Crippen molar-refractivity contribution in [2.45, 2.75) is 84.5 Å². The fourth-order valence-corrected chi connectivity index (χ4v) is 4.69. The second-order valence-electron chi connectivity index (χ2n) is 11.3. The first-order valence-electron chi connectivity index (χ1n) is 13.4. The van der Waals surface area contributed by atoms with Gasteiger partial charge in [0.2, 0.25) is 0 Å². The van der Waals surface area contributed by atoms with Crippen LogP contribution < -0.4 is 0 Å². The SMILES string of the molecule is CCCCOC(=O)C(C)(C)C#Cc1ccc([C@H](C)N2CCC(CC(C)(C)O)(c3ccccc3)OC2=O)cc1. The number of carbonyl (C=O) groups excluding carboxylic acids is 2. The molecule has 2 aromatic carbocycles. The molecule has 1 aliphatic heterocycles. The number of rotatable bonds is 9. The molecule has 1 aliphatic rings. The van der Waals surface area contributed by atoms with Gasteiger partial charge in [-0.05, 0) is 64.3 Å². The number of ether oxygens (including phenoxy) is 2. The van der Waals surface area contributed by atoms with Gasteiger partial charge in [-0.2, -0.15) is 0 Å². The number of hydrogen-bond donors (Lipinski definition) is 1. The normalized spacial score (nSPS) is 18.7. The lowest BCUT2D eigenvalue weighted by molar-refractivity contribution is -0.150. The lowest BCUT2D eigenvalue weighted by Gasteiger charge is -2.45. The Bertz CT molecular complexity index is 1150. The lowest BCUT2D eigenvalue weighted by atomic mass is 9.80. The molecule has 2 aromatic rings. The molecule has 6 heteroatoms. The van der Waals surface area contributed by atoms with Gasteiger partial charge in [-0.1, -0.05) is 67.6 Å². The van der Waals surface area contributed by atoms with E-state index in [1.807, 2.05) is 68.4 Å². The molecule has 1 unspecified atom stereocenters. The van der Waals surface area contributed by atoms with Gasteiger partial charge in [0.25, 0.3) is 0 Å². The molecule has 1 heterocycles. The first-order valence-corrected chi connectivity index (χ1v) is 13.4. The first kappa shape index (κ1) is 29.3. The summed E-state index contributed by atoms with van der Waals surface area (Å²) in [5, 5.41) is 10.6. The lowest BCUT2D eigenvalue weighted by Crippen LogP contribution is -2.51. The number of cyclic esters (lactones) is 1. The summed E-state index contributed by atoms with van der Waals surface area (Å²) in [6.45, 7) is 11.9. The Morgan fingerprint density at radius 3 is 2.37 bits per heavy atom. The predicted octanol–water partition coefficient (Wildman–Crippen LogP) is 6.37. The summed E-state index contributed by atoms with van der Waals surface area (Å²) in [5.41, 5.74) is -0.141. The molecule has 3 rings (SSSR count). The number of amides is 1. The summed E-state index contributed by atoms with van der Waals surface area (Å²) in [5.74, 6) is 5.80. The topological polar surface area (TPSA) is 76.1 Å². The molecule has 6 nitrogen and oxygen atoms in total. The fraction of sp³-hybridized carbons (Fsp3) is 0.500. The number of carbonyl (C=O) groups is 2. The van der Waals surface area contributed by atoms with Gasteiger partial charge in [0.1, 0.15) is 11.0 Å². The molecule has 0 aromatic heterocycles. The van der Waals surface area contributed by atoms with Crippen molar-refractivity contribution in [2.24, 2.45) is 5.41 Å². The van der Waals surface area contributed by atoms with Crippen LogP contribution in [-0.2, 0) is 19.9 Å². The molecule has 1 saturated heterocycles. The van der Waals surface area contributed by atoms with E-state index in [0.29, 0.717) is 26.0 Å². The molecule has 38 heavy (non-hydrogen) atoms. The quantitative estimate of drug-likeness (QED) is 0.237. The van der Waals surface area contributed by atoms with Gasteiger partial charge in [0, 0.05) is 24.9 Å². The summed E-state index contributed by atoms with van der Waals surface area (Å²) in [6, 6.07) is 17.2. The third kappa shape index (κ3) is 7.39. The van der Waals surface area contributed by atoms with E-state index in [1.54, 1.807) is 32.6 Å². The number of aliphatic hydroxyl groups is 1. The van der Waals surface area contributed by atoms with Gasteiger partial charge in [0.15, 0.2) is 0 Å². The Balaban J connectivity index is 1.71. The Morgan fingerprint density at radius 1 is 1.13 bits per heavy atom. The molecule has 1 fully saturated rings. The van der Waals surface area contributed by atoms with Crippen LogP contribution in [-0.4, -0.2) is 40.8 Å². The molecule has 0 bridgehead atoms. The van der Waals surface area contributed by atoms with Crippen LogP contribution in [0, 0.1) is 17.3 Å². The van der Waals surface area contributed by atoms with Gasteiger partial charge in [-0.15, -0.1) is 0 Å². The first-order chi connectivity index (χ1) is 17.9. The van der Waals surface area contributed by atoms with E-state index in [2.05, 4.69) is 11.8 Å². The second kappa shape index (κ2) is 12.0. The van der Waals surface area contributed by atoms with Gasteiger partial charge >= 0.3 is 12.1 Å². The van der Waals surface area contributed by atoms with E-state index in [4.69, 9.17) is 9.47 Å². The van der Waals surface area contributed by atoms with Crippen LogP contribution in [0.1, 0.15) is 90.0 Å². The highest BCUT2D eigenvalue weighted by atomic mass is 16.6. The van der Waals surface area contributed by atoms with Crippen molar-refractivity contribution in [3.8, 4) is 11.8 Å². The zero-order valence-electron chi connectivity index (χ0n) is 23.5. The van der Waals surface area contributed by atoms with Crippen molar-refractivity contribution in [1.29, 1.82) is 0 Å². The van der Waals surface area contributed by atoms with Crippen molar-refractivity contribution >= 4 is 12.1 Å². The number of benzene rings is 2. The van der Waals surface area contributed by atoms with Crippen LogP contribution in [0.3, 0.4) is 0 Å². The summed E-state index contributed by atoms with van der Waals surface area (Å²) < 4.78 is 11.4. The van der Waals surface area contributed by atoms with Gasteiger partial charge in [-0.3, -0.25) is 4.79 Å². The van der Waals surface area contributed by atoms with E-state index in [9.17, 15) is 14.7 Å². The Kier molecular flexibility index (Phi) is 9.27. The van der Waals surface area contributed by atoms with Crippen LogP contribution in [0.5, 0.6) is 0 Å². The average Bonchev–Trinajstić information content (AvgIpc) is 2.87. The van der Waals surface area contributed by atoms with Crippen LogP contribution in [0.2, 0.25) is 0 Å². The molecule has 0 aliphatic carbocycles. The summed E-state index contributed by atoms with van der Waals surface area (Å²) in [4.78, 5) is 27.3. The van der Waals surface area contributed by atoms with Gasteiger partial charge in [0.05, 0.1) is 18.2 Å². The van der Waals surface area contributed by atoms with Crippen molar-refractivity contribution < 1.29 is 24.2 Å². The van der Waals surface area contributed by atoms with Crippen LogP contribution in [0.25, 0.3) is 0 Å². The maximum atomic E-state index is 13.3. The molecule has 0 saturated carbocycles. The van der Waals surface area contributed by atoms with E-state index in [1.165, 1.54) is 0 Å². The van der Waals surface area contributed by atoms with E-state index >= 15 is 0 Å². The highest BCUT2D eigenvalue weighted by Crippen LogP contribution is 2.42. The minimum Gasteiger partial charge on any atom is -0.465 e. The monoisotopic (exact) mass is 519 g/mol. The van der Waals surface area contributed by atoms with Gasteiger partial charge < -0.3 is 19.5 Å². The maximum Gasteiger partial charge on any atom is 0.411 e. The molecular formula is C32H41NO5. The van der Waals surface area contributed by atoms with Crippen LogP contribution in [0.15, 0.2) is 54.6 Å². The zero-order valence-corrected chi connectivity index (χ0v) is 23.5. The summed E-state index contributed by atoms with van der Waals surface area (Å²) in [6.07, 6.45) is 2.29. The summed E-state index contributed by atoms with van der Waals surface area (Å²) in [7, 11) is 0. The minimum atomic E-state index is -0.998. The highest BCUT2D eigenvalue weighted by molar-refractivity contribution is 5.79. The van der Waals surface area contributed by atoms with Crippen molar-refractivity contribution in [3.63, 3.8) is 0 Å². The zero-order chi connectivity index (χ0) is 28.0. The molecule has 0 radical (unpaired) electrons. The number of hydrogen-bond acceptors (Lipinski definition) is 5. The standard InChI is InChI=1S/C32H41NO5/c1-7-8-22-37-28(34)30(3,4)19-18-25-14-16-26(17-15-25)24(2)33-21-20-32(38-29(33)35,23-31(5,6)36)27-12-10-9-11-13-27/h9-17,24,36H,7-8,20-23H2,1-6H3/t24-,32?/m0/s1. The molecule has 1 amide bonds. The molecule has 1 N–H and O–H groups in total. The number of unbranched alkanes of at least 4 members (excludes halogenated alkanes) is 1. The number of nitrogens with zero attached hydrogens (tertiary/aromatic N) is 1. The Morgan fingerprint density at radius 2 is 1.79 bits per heavy atom. The third-order valence-electron chi connectivity index (χ3n) is 6.91. The van der Waals surface area contributed by atoms with Crippen LogP contribution >= 0.6 is 0 Å². The minimum absolute atomic E-state index is 0.203. The maximum absolute atomic E-state index is 13.3. The third-order valence-corrected chi connectivity index (χ3v) is 6.91.